The maximum absolute atomic E-state index is 14.0. The van der Waals surface area contributed by atoms with E-state index in [0.717, 1.165) is 6.42 Å². The molecule has 142 valence electrons. The molecule has 3 aromatic carbocycles. The predicted octanol–water partition coefficient (Wildman–Crippen LogP) is 5.69. The van der Waals surface area contributed by atoms with E-state index in [9.17, 15) is 4.39 Å². The highest BCUT2D eigenvalue weighted by Crippen LogP contribution is 2.47. The second-order valence-electron chi connectivity index (χ2n) is 7.26. The molecule has 0 bridgehead atoms. The third-order valence-corrected chi connectivity index (χ3v) is 8.38. The Balaban J connectivity index is 1.68. The summed E-state index contributed by atoms with van der Waals surface area (Å²) >= 11 is 0. The third kappa shape index (κ3) is 4.39. The Morgan fingerprint density at radius 3 is 1.96 bits per heavy atom. The average molecular weight is 389 g/mol. The predicted molar refractivity (Wildman–Crippen MR) is 119 cm³/mol. The molecular formula is C25H25FNP. The first-order valence-electron chi connectivity index (χ1n) is 10.00. The Hall–Kier alpha value is -2.31. The minimum absolute atomic E-state index is 0.202. The van der Waals surface area contributed by atoms with Gasteiger partial charge in [0.05, 0.1) is 6.04 Å². The quantitative estimate of drug-likeness (QED) is 0.393. The number of benzene rings is 3. The molecular weight excluding hydrogens is 364 g/mol. The summed E-state index contributed by atoms with van der Waals surface area (Å²) in [5.41, 5.74) is 1.06. The van der Waals surface area contributed by atoms with Crippen molar-refractivity contribution in [2.75, 3.05) is 0 Å². The standard InChI is InChI=1S/C25H25FNP/c26-23-16-8-7-11-20(23)19-27-24-17-9-10-18-25(24)28(21-12-3-1-4-13-21)22-14-5-2-6-15-22/h1-8,11-16,19,24-25H,9-10,17-18H2/t24-,25-/m1/s1. The second-order valence-corrected chi connectivity index (χ2v) is 9.70. The van der Waals surface area contributed by atoms with Gasteiger partial charge in [-0.05, 0) is 37.4 Å². The minimum Gasteiger partial charge on any atom is -0.288 e. The molecule has 1 nitrogen and oxygen atoms in total. The fourth-order valence-corrected chi connectivity index (χ4v) is 7.09. The van der Waals surface area contributed by atoms with Gasteiger partial charge in [-0.15, -0.1) is 0 Å². The third-order valence-electron chi connectivity index (χ3n) is 5.40. The van der Waals surface area contributed by atoms with Gasteiger partial charge in [0.1, 0.15) is 5.82 Å². The topological polar surface area (TPSA) is 12.4 Å². The van der Waals surface area contributed by atoms with Crippen molar-refractivity contribution in [3.8, 4) is 0 Å². The van der Waals surface area contributed by atoms with Crippen LogP contribution in [0.25, 0.3) is 0 Å². The maximum Gasteiger partial charge on any atom is 0.131 e. The molecule has 0 N–H and O–H groups in total. The fourth-order valence-electron chi connectivity index (χ4n) is 4.03. The molecule has 3 heteroatoms. The summed E-state index contributed by atoms with van der Waals surface area (Å²) in [5, 5.41) is 2.81. The van der Waals surface area contributed by atoms with Crippen molar-refractivity contribution >= 4 is 24.7 Å². The lowest BCUT2D eigenvalue weighted by Gasteiger charge is -2.36. The Morgan fingerprint density at radius 2 is 1.32 bits per heavy atom. The number of hydrogen-bond acceptors (Lipinski definition) is 1. The molecule has 3 aromatic rings. The van der Waals surface area contributed by atoms with Crippen molar-refractivity contribution in [3.63, 3.8) is 0 Å². The molecule has 1 saturated carbocycles. The van der Waals surface area contributed by atoms with Crippen LogP contribution in [-0.2, 0) is 0 Å². The first kappa shape index (κ1) is 19.0. The van der Waals surface area contributed by atoms with Gasteiger partial charge in [0.25, 0.3) is 0 Å². The Labute approximate surface area is 168 Å². The molecule has 1 fully saturated rings. The molecule has 0 spiro atoms. The van der Waals surface area contributed by atoms with Crippen molar-refractivity contribution in [1.82, 2.24) is 0 Å². The molecule has 28 heavy (non-hydrogen) atoms. The van der Waals surface area contributed by atoms with Gasteiger partial charge in [-0.1, -0.05) is 91.7 Å². The second kappa shape index (κ2) is 9.26. The lowest BCUT2D eigenvalue weighted by molar-refractivity contribution is 0.453. The maximum atomic E-state index is 14.0. The zero-order valence-electron chi connectivity index (χ0n) is 15.9. The van der Waals surface area contributed by atoms with Gasteiger partial charge in [-0.25, -0.2) is 4.39 Å². The van der Waals surface area contributed by atoms with E-state index in [-0.39, 0.29) is 11.9 Å². The summed E-state index contributed by atoms with van der Waals surface area (Å²) in [6.07, 6.45) is 6.45. The van der Waals surface area contributed by atoms with E-state index in [4.69, 9.17) is 4.99 Å². The van der Waals surface area contributed by atoms with Crippen molar-refractivity contribution in [1.29, 1.82) is 0 Å². The number of nitrogens with zero attached hydrogens (tertiary/aromatic N) is 1. The molecule has 0 radical (unpaired) electrons. The van der Waals surface area contributed by atoms with Crippen LogP contribution in [0.4, 0.5) is 4.39 Å². The van der Waals surface area contributed by atoms with Crippen LogP contribution in [0.1, 0.15) is 31.2 Å². The zero-order chi connectivity index (χ0) is 19.2. The van der Waals surface area contributed by atoms with Crippen LogP contribution in [-0.4, -0.2) is 17.9 Å². The molecule has 0 aromatic heterocycles. The van der Waals surface area contributed by atoms with Crippen LogP contribution in [0.5, 0.6) is 0 Å². The molecule has 0 heterocycles. The summed E-state index contributed by atoms with van der Waals surface area (Å²) in [4.78, 5) is 4.92. The number of aliphatic imine (C=N–C) groups is 1. The Kier molecular flexibility index (Phi) is 6.29. The van der Waals surface area contributed by atoms with Crippen molar-refractivity contribution in [2.24, 2.45) is 4.99 Å². The molecule has 0 saturated heterocycles. The van der Waals surface area contributed by atoms with Crippen LogP contribution >= 0.6 is 7.92 Å². The summed E-state index contributed by atoms with van der Waals surface area (Å²) in [6.45, 7) is 0. The largest absolute Gasteiger partial charge is 0.288 e. The van der Waals surface area contributed by atoms with Crippen LogP contribution in [0.3, 0.4) is 0 Å². The van der Waals surface area contributed by atoms with Gasteiger partial charge in [0.2, 0.25) is 0 Å². The summed E-state index contributed by atoms with van der Waals surface area (Å²) in [5.74, 6) is -0.202. The molecule has 0 unspecified atom stereocenters. The molecule has 1 aliphatic rings. The lowest BCUT2D eigenvalue weighted by atomic mass is 9.95. The van der Waals surface area contributed by atoms with Gasteiger partial charge >= 0.3 is 0 Å². The molecule has 0 amide bonds. The molecule has 0 aliphatic heterocycles. The summed E-state index contributed by atoms with van der Waals surface area (Å²) in [7, 11) is -0.504. The summed E-state index contributed by atoms with van der Waals surface area (Å²) in [6, 6.07) is 28.8. The van der Waals surface area contributed by atoms with Crippen LogP contribution in [0, 0.1) is 5.82 Å². The molecule has 2 atom stereocenters. The molecule has 4 rings (SSSR count). The van der Waals surface area contributed by atoms with Crippen molar-refractivity contribution < 1.29 is 4.39 Å². The number of rotatable bonds is 5. The van der Waals surface area contributed by atoms with E-state index in [1.165, 1.54) is 35.9 Å². The van der Waals surface area contributed by atoms with Gasteiger partial charge in [-0.2, -0.15) is 0 Å². The van der Waals surface area contributed by atoms with Crippen LogP contribution in [0.2, 0.25) is 0 Å². The average Bonchev–Trinajstić information content (AvgIpc) is 2.76. The van der Waals surface area contributed by atoms with E-state index < -0.39 is 7.92 Å². The van der Waals surface area contributed by atoms with E-state index in [0.29, 0.717) is 11.2 Å². The zero-order valence-corrected chi connectivity index (χ0v) is 16.8. The fraction of sp³-hybridized carbons (Fsp3) is 0.240. The van der Waals surface area contributed by atoms with E-state index >= 15 is 0 Å². The first-order valence-corrected chi connectivity index (χ1v) is 11.4. The minimum atomic E-state index is -0.504. The van der Waals surface area contributed by atoms with Crippen molar-refractivity contribution in [3.05, 3.63) is 96.3 Å². The Bertz CT molecular complexity index is 871. The highest BCUT2D eigenvalue weighted by atomic mass is 31.1. The molecule has 1 aliphatic carbocycles. The van der Waals surface area contributed by atoms with Gasteiger partial charge in [0, 0.05) is 17.4 Å². The SMILES string of the molecule is Fc1ccccc1C=N[C@@H]1CCCC[C@H]1P(c1ccccc1)c1ccccc1. The van der Waals surface area contributed by atoms with E-state index in [1.807, 2.05) is 6.07 Å². The van der Waals surface area contributed by atoms with E-state index in [2.05, 4.69) is 60.7 Å². The number of halogens is 1. The highest BCUT2D eigenvalue weighted by molar-refractivity contribution is 7.73. The number of hydrogen-bond donors (Lipinski definition) is 0. The lowest BCUT2D eigenvalue weighted by Crippen LogP contribution is -2.33. The van der Waals surface area contributed by atoms with E-state index in [1.54, 1.807) is 18.3 Å². The van der Waals surface area contributed by atoms with Crippen LogP contribution < -0.4 is 10.6 Å². The smallest absolute Gasteiger partial charge is 0.131 e. The van der Waals surface area contributed by atoms with Gasteiger partial charge in [0.15, 0.2) is 0 Å². The Morgan fingerprint density at radius 1 is 0.750 bits per heavy atom. The first-order chi connectivity index (χ1) is 13.8. The van der Waals surface area contributed by atoms with Gasteiger partial charge < -0.3 is 0 Å². The summed E-state index contributed by atoms with van der Waals surface area (Å²) < 4.78 is 14.0. The highest BCUT2D eigenvalue weighted by Gasteiger charge is 2.33. The normalized spacial score (nSPS) is 19.9. The van der Waals surface area contributed by atoms with Crippen molar-refractivity contribution in [2.45, 2.75) is 37.4 Å². The van der Waals surface area contributed by atoms with Crippen LogP contribution in [0.15, 0.2) is 89.9 Å². The monoisotopic (exact) mass is 389 g/mol. The van der Waals surface area contributed by atoms with Gasteiger partial charge in [-0.3, -0.25) is 4.99 Å².